The zero-order chi connectivity index (χ0) is 10.4. The van der Waals surface area contributed by atoms with E-state index < -0.39 is 0 Å². The summed E-state index contributed by atoms with van der Waals surface area (Å²) < 4.78 is 0.957. The molecule has 0 N–H and O–H groups in total. The summed E-state index contributed by atoms with van der Waals surface area (Å²) >= 11 is 3.23. The molecule has 2 fully saturated rings. The molecule has 1 aromatic rings. The average molecular weight is 240 g/mol. The number of thioether (sulfide) groups is 1. The molecular weight excluding hydrogens is 228 g/mol. The van der Waals surface area contributed by atoms with Crippen LogP contribution in [0.15, 0.2) is 4.34 Å². The van der Waals surface area contributed by atoms with Crippen molar-refractivity contribution in [1.82, 2.24) is 10.2 Å². The van der Waals surface area contributed by atoms with Gasteiger partial charge in [0.15, 0.2) is 4.34 Å². The van der Waals surface area contributed by atoms with E-state index in [0.717, 1.165) is 22.2 Å². The van der Waals surface area contributed by atoms with Gasteiger partial charge >= 0.3 is 0 Å². The van der Waals surface area contributed by atoms with Gasteiger partial charge in [-0.3, -0.25) is 4.79 Å². The number of ketones is 1. The molecule has 0 saturated heterocycles. The fourth-order valence-electron chi connectivity index (χ4n) is 2.60. The topological polar surface area (TPSA) is 42.9 Å². The highest BCUT2D eigenvalue weighted by Gasteiger charge is 2.47. The third-order valence-electron chi connectivity index (χ3n) is 3.32. The van der Waals surface area contributed by atoms with E-state index in [2.05, 4.69) is 10.2 Å². The molecule has 15 heavy (non-hydrogen) atoms. The number of hydrogen-bond donors (Lipinski definition) is 0. The minimum Gasteiger partial charge on any atom is -0.298 e. The molecule has 0 radical (unpaired) electrons. The molecule has 1 aromatic heterocycles. The van der Waals surface area contributed by atoms with Crippen molar-refractivity contribution in [3.05, 3.63) is 5.01 Å². The summed E-state index contributed by atoms with van der Waals surface area (Å²) in [6.45, 7) is 1.95. The van der Waals surface area contributed by atoms with E-state index in [0.29, 0.717) is 17.6 Å². The number of aromatic nitrogens is 2. The maximum Gasteiger partial charge on any atom is 0.175 e. The Morgan fingerprint density at radius 2 is 2.27 bits per heavy atom. The van der Waals surface area contributed by atoms with Crippen LogP contribution in [0.5, 0.6) is 0 Å². The summed E-state index contributed by atoms with van der Waals surface area (Å²) in [5, 5.41) is 9.22. The first-order valence-corrected chi connectivity index (χ1v) is 6.94. The largest absolute Gasteiger partial charge is 0.298 e. The Kier molecular flexibility index (Phi) is 2.32. The predicted molar refractivity (Wildman–Crippen MR) is 60.1 cm³/mol. The number of aryl methyl sites for hydroxylation is 1. The molecule has 1 heterocycles. The van der Waals surface area contributed by atoms with Crippen molar-refractivity contribution in [1.29, 1.82) is 0 Å². The van der Waals surface area contributed by atoms with Gasteiger partial charge in [0.05, 0.1) is 5.25 Å². The summed E-state index contributed by atoms with van der Waals surface area (Å²) in [7, 11) is 0. The first-order valence-electron chi connectivity index (χ1n) is 5.24. The standard InChI is InChI=1S/C10H12N2OS2/c1-5-11-12-10(14-5)15-9-7-3-2-6(4-7)8(9)13/h6-7,9H,2-4H2,1H3/t6-,7-,9-/m0/s1. The molecule has 80 valence electrons. The van der Waals surface area contributed by atoms with E-state index in [1.54, 1.807) is 23.1 Å². The Balaban J connectivity index is 1.76. The lowest BCUT2D eigenvalue weighted by atomic mass is 9.99. The molecule has 3 nitrogen and oxygen atoms in total. The van der Waals surface area contributed by atoms with Crippen molar-refractivity contribution in [3.8, 4) is 0 Å². The maximum atomic E-state index is 11.9. The number of nitrogens with zero attached hydrogens (tertiary/aromatic N) is 2. The van der Waals surface area contributed by atoms with Crippen LogP contribution in [0.3, 0.4) is 0 Å². The monoisotopic (exact) mass is 240 g/mol. The number of fused-ring (bicyclic) bond motifs is 2. The van der Waals surface area contributed by atoms with Gasteiger partial charge in [0.25, 0.3) is 0 Å². The summed E-state index contributed by atoms with van der Waals surface area (Å²) in [5.41, 5.74) is 0. The van der Waals surface area contributed by atoms with Crippen molar-refractivity contribution in [2.75, 3.05) is 0 Å². The molecule has 0 unspecified atom stereocenters. The molecule has 3 rings (SSSR count). The van der Waals surface area contributed by atoms with Crippen LogP contribution in [0.2, 0.25) is 0 Å². The Morgan fingerprint density at radius 3 is 2.87 bits per heavy atom. The minimum atomic E-state index is 0.177. The van der Waals surface area contributed by atoms with E-state index in [-0.39, 0.29) is 5.25 Å². The van der Waals surface area contributed by atoms with Gasteiger partial charge < -0.3 is 0 Å². The molecule has 3 atom stereocenters. The Morgan fingerprint density at radius 1 is 1.40 bits per heavy atom. The van der Waals surface area contributed by atoms with Gasteiger partial charge in [0.2, 0.25) is 0 Å². The summed E-state index contributed by atoms with van der Waals surface area (Å²) in [4.78, 5) is 11.9. The summed E-state index contributed by atoms with van der Waals surface area (Å²) in [6.07, 6.45) is 3.47. The van der Waals surface area contributed by atoms with Crippen LogP contribution < -0.4 is 0 Å². The fourth-order valence-corrected chi connectivity index (χ4v) is 4.94. The second-order valence-electron chi connectivity index (χ2n) is 4.30. The third-order valence-corrected chi connectivity index (χ3v) is 5.65. The molecule has 0 spiro atoms. The van der Waals surface area contributed by atoms with Gasteiger partial charge in [-0.1, -0.05) is 23.1 Å². The van der Waals surface area contributed by atoms with Crippen molar-refractivity contribution < 1.29 is 4.79 Å². The SMILES string of the molecule is Cc1nnc(S[C@@H]2C(=O)[C@H]3CC[C@H]2C3)s1. The second kappa shape index (κ2) is 3.56. The van der Waals surface area contributed by atoms with Gasteiger partial charge in [-0.15, -0.1) is 10.2 Å². The minimum absolute atomic E-state index is 0.177. The van der Waals surface area contributed by atoms with Crippen LogP contribution in [-0.2, 0) is 4.79 Å². The van der Waals surface area contributed by atoms with E-state index in [4.69, 9.17) is 0 Å². The van der Waals surface area contributed by atoms with Crippen molar-refractivity contribution >= 4 is 28.9 Å². The van der Waals surface area contributed by atoms with Gasteiger partial charge in [0, 0.05) is 5.92 Å². The normalized spacial score (nSPS) is 33.9. The van der Waals surface area contributed by atoms with E-state index in [1.165, 1.54) is 6.42 Å². The Hall–Kier alpha value is -0.420. The highest BCUT2D eigenvalue weighted by Crippen LogP contribution is 2.49. The molecule has 0 amide bonds. The lowest BCUT2D eigenvalue weighted by molar-refractivity contribution is -0.121. The number of rotatable bonds is 2. The van der Waals surface area contributed by atoms with Crippen LogP contribution in [0.1, 0.15) is 24.3 Å². The van der Waals surface area contributed by atoms with Crippen LogP contribution in [-0.4, -0.2) is 21.2 Å². The lowest BCUT2D eigenvalue weighted by Gasteiger charge is -2.17. The Bertz CT molecular complexity index is 404. The fraction of sp³-hybridized carbons (Fsp3) is 0.700. The highest BCUT2D eigenvalue weighted by molar-refractivity contribution is 8.02. The first kappa shape index (κ1) is 9.78. The molecule has 0 aromatic carbocycles. The third kappa shape index (κ3) is 1.61. The predicted octanol–water partition coefficient (Wildman–Crippen LogP) is 2.31. The highest BCUT2D eigenvalue weighted by atomic mass is 32.2. The molecule has 2 aliphatic rings. The number of carbonyl (C=O) groups is 1. The van der Waals surface area contributed by atoms with Gasteiger partial charge in [-0.2, -0.15) is 0 Å². The van der Waals surface area contributed by atoms with E-state index in [1.807, 2.05) is 6.92 Å². The molecular formula is C10H12N2OS2. The quantitative estimate of drug-likeness (QED) is 0.795. The molecule has 0 aliphatic heterocycles. The van der Waals surface area contributed by atoms with Gasteiger partial charge in [-0.05, 0) is 32.1 Å². The molecule has 2 aliphatic carbocycles. The van der Waals surface area contributed by atoms with E-state index >= 15 is 0 Å². The Labute approximate surface area is 96.7 Å². The number of Topliss-reactive ketones (excluding diaryl/α,β-unsaturated/α-hetero) is 1. The van der Waals surface area contributed by atoms with Crippen molar-refractivity contribution in [2.24, 2.45) is 11.8 Å². The van der Waals surface area contributed by atoms with Crippen molar-refractivity contribution in [3.63, 3.8) is 0 Å². The van der Waals surface area contributed by atoms with Crippen LogP contribution >= 0.6 is 23.1 Å². The number of hydrogen-bond acceptors (Lipinski definition) is 5. The maximum absolute atomic E-state index is 11.9. The van der Waals surface area contributed by atoms with Gasteiger partial charge in [0.1, 0.15) is 10.8 Å². The van der Waals surface area contributed by atoms with E-state index in [9.17, 15) is 4.79 Å². The average Bonchev–Trinajstić information content (AvgIpc) is 2.86. The van der Waals surface area contributed by atoms with Crippen LogP contribution in [0.4, 0.5) is 0 Å². The van der Waals surface area contributed by atoms with Gasteiger partial charge in [-0.25, -0.2) is 0 Å². The molecule has 5 heteroatoms. The first-order chi connectivity index (χ1) is 7.24. The van der Waals surface area contributed by atoms with Crippen LogP contribution in [0.25, 0.3) is 0 Å². The van der Waals surface area contributed by atoms with Crippen LogP contribution in [0, 0.1) is 18.8 Å². The lowest BCUT2D eigenvalue weighted by Crippen LogP contribution is -2.24. The molecule has 2 bridgehead atoms. The second-order valence-corrected chi connectivity index (χ2v) is 6.87. The molecule has 2 saturated carbocycles. The number of carbonyl (C=O) groups excluding carboxylic acids is 1. The smallest absolute Gasteiger partial charge is 0.175 e. The zero-order valence-corrected chi connectivity index (χ0v) is 10.1. The van der Waals surface area contributed by atoms with Crippen molar-refractivity contribution in [2.45, 2.75) is 35.8 Å². The summed E-state index contributed by atoms with van der Waals surface area (Å²) in [5.74, 6) is 1.43. The zero-order valence-electron chi connectivity index (χ0n) is 8.47. The summed E-state index contributed by atoms with van der Waals surface area (Å²) in [6, 6.07) is 0.